The molecule has 0 saturated carbocycles. The molecule has 2 aromatic heterocycles. The molecule has 0 fully saturated rings. The van der Waals surface area contributed by atoms with E-state index in [2.05, 4.69) is 39.3 Å². The average Bonchev–Trinajstić information content (AvgIpc) is 2.84. The van der Waals surface area contributed by atoms with Crippen molar-refractivity contribution in [1.82, 2.24) is 10.3 Å². The Morgan fingerprint density at radius 3 is 2.75 bits per heavy atom. The fourth-order valence-electron chi connectivity index (χ4n) is 1.82. The predicted octanol–water partition coefficient (Wildman–Crippen LogP) is 3.04. The van der Waals surface area contributed by atoms with Gasteiger partial charge in [-0.3, -0.25) is 4.98 Å². The van der Waals surface area contributed by atoms with E-state index in [-0.39, 0.29) is 0 Å². The summed E-state index contributed by atoms with van der Waals surface area (Å²) in [5.41, 5.74) is 2.74. The van der Waals surface area contributed by atoms with Crippen LogP contribution in [0.1, 0.15) is 23.6 Å². The topological polar surface area (TPSA) is 24.9 Å². The third kappa shape index (κ3) is 2.90. The Balaban J connectivity index is 1.96. The standard InChI is InChI=1S/C13H16N2S/c1-14-13(12-4-7-15-8-5-12)3-2-11-6-9-16-10-11/h4-10,13-14H,2-3H2,1H3. The molecule has 1 N–H and O–H groups in total. The van der Waals surface area contributed by atoms with Crippen molar-refractivity contribution in [3.63, 3.8) is 0 Å². The highest BCUT2D eigenvalue weighted by atomic mass is 32.1. The summed E-state index contributed by atoms with van der Waals surface area (Å²) in [6.45, 7) is 0. The SMILES string of the molecule is CNC(CCc1ccsc1)c1ccncc1. The van der Waals surface area contributed by atoms with Crippen molar-refractivity contribution in [2.75, 3.05) is 7.05 Å². The highest BCUT2D eigenvalue weighted by molar-refractivity contribution is 7.07. The largest absolute Gasteiger partial charge is 0.313 e. The molecule has 1 atom stereocenters. The number of hydrogen-bond donors (Lipinski definition) is 1. The fourth-order valence-corrected chi connectivity index (χ4v) is 2.52. The maximum absolute atomic E-state index is 4.05. The third-order valence-electron chi connectivity index (χ3n) is 2.76. The number of aryl methyl sites for hydroxylation is 1. The molecule has 0 amide bonds. The summed E-state index contributed by atoms with van der Waals surface area (Å²) in [4.78, 5) is 4.05. The number of aromatic nitrogens is 1. The number of hydrogen-bond acceptors (Lipinski definition) is 3. The van der Waals surface area contributed by atoms with Crippen molar-refractivity contribution in [1.29, 1.82) is 0 Å². The molecule has 0 aromatic carbocycles. The van der Waals surface area contributed by atoms with Crippen LogP contribution in [0.5, 0.6) is 0 Å². The number of nitrogens with one attached hydrogen (secondary N) is 1. The van der Waals surface area contributed by atoms with Gasteiger partial charge < -0.3 is 5.32 Å². The van der Waals surface area contributed by atoms with Crippen molar-refractivity contribution in [3.8, 4) is 0 Å². The Morgan fingerprint density at radius 1 is 1.31 bits per heavy atom. The molecule has 0 aliphatic heterocycles. The molecule has 84 valence electrons. The molecule has 0 aliphatic rings. The van der Waals surface area contributed by atoms with E-state index in [4.69, 9.17) is 0 Å². The smallest absolute Gasteiger partial charge is 0.0321 e. The molecule has 0 radical (unpaired) electrons. The van der Waals surface area contributed by atoms with Crippen molar-refractivity contribution in [3.05, 3.63) is 52.5 Å². The molecule has 1 unspecified atom stereocenters. The molecular weight excluding hydrogens is 216 g/mol. The van der Waals surface area contributed by atoms with Gasteiger partial charge in [0.1, 0.15) is 0 Å². The van der Waals surface area contributed by atoms with Gasteiger partial charge in [0, 0.05) is 18.4 Å². The van der Waals surface area contributed by atoms with Crippen LogP contribution in [0.15, 0.2) is 41.4 Å². The highest BCUT2D eigenvalue weighted by Crippen LogP contribution is 2.19. The normalized spacial score (nSPS) is 12.6. The lowest BCUT2D eigenvalue weighted by atomic mass is 10.0. The van der Waals surface area contributed by atoms with Crippen LogP contribution in [0.25, 0.3) is 0 Å². The van der Waals surface area contributed by atoms with E-state index >= 15 is 0 Å². The fraction of sp³-hybridized carbons (Fsp3) is 0.308. The lowest BCUT2D eigenvalue weighted by molar-refractivity contribution is 0.549. The number of thiophene rings is 1. The van der Waals surface area contributed by atoms with Gasteiger partial charge in [-0.1, -0.05) is 0 Å². The zero-order chi connectivity index (χ0) is 11.2. The lowest BCUT2D eigenvalue weighted by Crippen LogP contribution is -2.17. The zero-order valence-electron chi connectivity index (χ0n) is 9.39. The van der Waals surface area contributed by atoms with E-state index in [0.29, 0.717) is 6.04 Å². The van der Waals surface area contributed by atoms with Crippen LogP contribution >= 0.6 is 11.3 Å². The van der Waals surface area contributed by atoms with Gasteiger partial charge in [0.2, 0.25) is 0 Å². The Morgan fingerprint density at radius 2 is 2.12 bits per heavy atom. The van der Waals surface area contributed by atoms with Crippen molar-refractivity contribution in [2.45, 2.75) is 18.9 Å². The number of pyridine rings is 1. The van der Waals surface area contributed by atoms with E-state index in [0.717, 1.165) is 12.8 Å². The summed E-state index contributed by atoms with van der Waals surface area (Å²) >= 11 is 1.76. The van der Waals surface area contributed by atoms with Gasteiger partial charge in [-0.05, 0) is 60.0 Å². The summed E-state index contributed by atoms with van der Waals surface area (Å²) in [5, 5.41) is 7.71. The Bertz CT molecular complexity index is 397. The van der Waals surface area contributed by atoms with Gasteiger partial charge in [0.05, 0.1) is 0 Å². The minimum atomic E-state index is 0.419. The van der Waals surface area contributed by atoms with Gasteiger partial charge in [0.15, 0.2) is 0 Å². The predicted molar refractivity (Wildman–Crippen MR) is 68.7 cm³/mol. The molecule has 2 heterocycles. The van der Waals surface area contributed by atoms with Crippen molar-refractivity contribution >= 4 is 11.3 Å². The molecule has 2 nitrogen and oxygen atoms in total. The van der Waals surface area contributed by atoms with Crippen LogP contribution in [-0.4, -0.2) is 12.0 Å². The first-order chi connectivity index (χ1) is 7.90. The summed E-state index contributed by atoms with van der Waals surface area (Å²) in [5.74, 6) is 0. The number of nitrogens with zero attached hydrogens (tertiary/aromatic N) is 1. The van der Waals surface area contributed by atoms with Crippen molar-refractivity contribution in [2.24, 2.45) is 0 Å². The second-order valence-corrected chi connectivity index (χ2v) is 4.57. The van der Waals surface area contributed by atoms with Crippen LogP contribution in [0.4, 0.5) is 0 Å². The quantitative estimate of drug-likeness (QED) is 0.857. The second-order valence-electron chi connectivity index (χ2n) is 3.79. The monoisotopic (exact) mass is 232 g/mol. The molecule has 2 aromatic rings. The number of rotatable bonds is 5. The van der Waals surface area contributed by atoms with Crippen LogP contribution in [0.3, 0.4) is 0 Å². The summed E-state index contributed by atoms with van der Waals surface area (Å²) in [6.07, 6.45) is 5.95. The lowest BCUT2D eigenvalue weighted by Gasteiger charge is -2.15. The van der Waals surface area contributed by atoms with Gasteiger partial charge in [-0.25, -0.2) is 0 Å². The van der Waals surface area contributed by atoms with Gasteiger partial charge in [-0.2, -0.15) is 11.3 Å². The first-order valence-corrected chi connectivity index (χ1v) is 6.42. The molecule has 3 heteroatoms. The van der Waals surface area contributed by atoms with Gasteiger partial charge >= 0.3 is 0 Å². The van der Waals surface area contributed by atoms with Crippen LogP contribution in [0.2, 0.25) is 0 Å². The molecule has 0 saturated heterocycles. The van der Waals surface area contributed by atoms with Gasteiger partial charge in [0.25, 0.3) is 0 Å². The summed E-state index contributed by atoms with van der Waals surface area (Å²) in [7, 11) is 2.01. The third-order valence-corrected chi connectivity index (χ3v) is 3.49. The Kier molecular flexibility index (Phi) is 4.08. The average molecular weight is 232 g/mol. The maximum Gasteiger partial charge on any atom is 0.0321 e. The van der Waals surface area contributed by atoms with Crippen LogP contribution < -0.4 is 5.32 Å². The van der Waals surface area contributed by atoms with E-state index in [1.807, 2.05) is 19.4 Å². The molecule has 16 heavy (non-hydrogen) atoms. The zero-order valence-corrected chi connectivity index (χ0v) is 10.2. The first-order valence-electron chi connectivity index (χ1n) is 5.48. The molecule has 0 spiro atoms. The second kappa shape index (κ2) is 5.77. The Hall–Kier alpha value is -1.19. The molecule has 0 aliphatic carbocycles. The minimum absolute atomic E-state index is 0.419. The van der Waals surface area contributed by atoms with E-state index in [9.17, 15) is 0 Å². The minimum Gasteiger partial charge on any atom is -0.313 e. The Labute approximate surface area is 100 Å². The molecular formula is C13H16N2S. The van der Waals surface area contributed by atoms with E-state index < -0.39 is 0 Å². The first kappa shape index (κ1) is 11.3. The van der Waals surface area contributed by atoms with E-state index in [1.54, 1.807) is 11.3 Å². The maximum atomic E-state index is 4.05. The van der Waals surface area contributed by atoms with Crippen LogP contribution in [-0.2, 0) is 6.42 Å². The van der Waals surface area contributed by atoms with E-state index in [1.165, 1.54) is 11.1 Å². The molecule has 2 rings (SSSR count). The summed E-state index contributed by atoms with van der Waals surface area (Å²) < 4.78 is 0. The molecule has 0 bridgehead atoms. The summed E-state index contributed by atoms with van der Waals surface area (Å²) in [6, 6.07) is 6.77. The van der Waals surface area contributed by atoms with Crippen molar-refractivity contribution < 1.29 is 0 Å². The highest BCUT2D eigenvalue weighted by Gasteiger charge is 2.08. The van der Waals surface area contributed by atoms with Crippen LogP contribution in [0, 0.1) is 0 Å². The van der Waals surface area contributed by atoms with Gasteiger partial charge in [-0.15, -0.1) is 0 Å².